The maximum Gasteiger partial charge on any atom is 0.227 e. The van der Waals surface area contributed by atoms with E-state index >= 15 is 0 Å². The number of nitrogens with zero attached hydrogens (tertiary/aromatic N) is 3. The molecule has 6 heteroatoms. The number of carbonyl (C=O) groups is 2. The first kappa shape index (κ1) is 19.9. The number of aromatic amines is 1. The van der Waals surface area contributed by atoms with Crippen LogP contribution in [0, 0.1) is 11.3 Å². The van der Waals surface area contributed by atoms with Crippen LogP contribution in [0.2, 0.25) is 0 Å². The highest BCUT2D eigenvalue weighted by Crippen LogP contribution is 2.30. The number of para-hydroxylation sites is 2. The van der Waals surface area contributed by atoms with Crippen molar-refractivity contribution in [3.63, 3.8) is 0 Å². The van der Waals surface area contributed by atoms with Crippen molar-refractivity contribution in [2.75, 3.05) is 26.2 Å². The van der Waals surface area contributed by atoms with Gasteiger partial charge in [0.05, 0.1) is 11.0 Å². The van der Waals surface area contributed by atoms with Gasteiger partial charge in [-0.25, -0.2) is 4.98 Å². The van der Waals surface area contributed by atoms with Crippen LogP contribution in [0.1, 0.15) is 58.2 Å². The molecule has 3 heterocycles. The molecule has 2 aliphatic rings. The Balaban J connectivity index is 1.30. The zero-order valence-electron chi connectivity index (χ0n) is 17.8. The zero-order chi connectivity index (χ0) is 20.6. The number of aromatic nitrogens is 2. The van der Waals surface area contributed by atoms with Crippen LogP contribution in [-0.2, 0) is 9.59 Å². The molecule has 1 aromatic heterocycles. The first-order chi connectivity index (χ1) is 13.8. The van der Waals surface area contributed by atoms with Crippen LogP contribution in [0.25, 0.3) is 11.0 Å². The fourth-order valence-corrected chi connectivity index (χ4v) is 4.60. The summed E-state index contributed by atoms with van der Waals surface area (Å²) in [5, 5.41) is 0. The first-order valence-corrected chi connectivity index (χ1v) is 10.9. The molecule has 29 heavy (non-hydrogen) atoms. The largest absolute Gasteiger partial charge is 0.342 e. The molecule has 6 nitrogen and oxygen atoms in total. The van der Waals surface area contributed by atoms with E-state index in [4.69, 9.17) is 4.98 Å². The van der Waals surface area contributed by atoms with E-state index < -0.39 is 0 Å². The van der Waals surface area contributed by atoms with Crippen molar-refractivity contribution in [2.45, 2.75) is 52.4 Å². The van der Waals surface area contributed by atoms with Crippen molar-refractivity contribution < 1.29 is 9.59 Å². The summed E-state index contributed by atoms with van der Waals surface area (Å²) in [6.07, 6.45) is 3.47. The fraction of sp³-hybridized carbons (Fsp3) is 0.609. The van der Waals surface area contributed by atoms with Gasteiger partial charge in [0.25, 0.3) is 0 Å². The monoisotopic (exact) mass is 396 g/mol. The summed E-state index contributed by atoms with van der Waals surface area (Å²) in [5.74, 6) is 1.96. The van der Waals surface area contributed by atoms with E-state index in [1.54, 1.807) is 0 Å². The third kappa shape index (κ3) is 4.16. The summed E-state index contributed by atoms with van der Waals surface area (Å²) < 4.78 is 0. The van der Waals surface area contributed by atoms with Gasteiger partial charge in [0.2, 0.25) is 11.8 Å². The minimum absolute atomic E-state index is 0.0572. The molecule has 1 aromatic carbocycles. The Kier molecular flexibility index (Phi) is 5.36. The molecule has 1 N–H and O–H groups in total. The van der Waals surface area contributed by atoms with E-state index in [0.717, 1.165) is 55.6 Å². The molecular formula is C23H32N4O2. The lowest BCUT2D eigenvalue weighted by atomic mass is 9.89. The number of hydrogen-bond acceptors (Lipinski definition) is 3. The molecule has 0 bridgehead atoms. The van der Waals surface area contributed by atoms with Crippen LogP contribution in [0.4, 0.5) is 0 Å². The number of carbonyl (C=O) groups excluding carboxylic acids is 2. The molecule has 0 saturated carbocycles. The maximum atomic E-state index is 13.0. The average molecular weight is 397 g/mol. The van der Waals surface area contributed by atoms with Crippen molar-refractivity contribution in [1.29, 1.82) is 0 Å². The second-order valence-corrected chi connectivity index (χ2v) is 9.56. The van der Waals surface area contributed by atoms with E-state index in [9.17, 15) is 9.59 Å². The summed E-state index contributed by atoms with van der Waals surface area (Å²) >= 11 is 0. The quantitative estimate of drug-likeness (QED) is 0.844. The van der Waals surface area contributed by atoms with E-state index in [0.29, 0.717) is 19.0 Å². The SMILES string of the molecule is CC(C)(C)C(=O)N1CCC(C(=O)N2CCC(c3nc4ccccc4[nH]3)CC2)CC1. The number of rotatable bonds is 2. The summed E-state index contributed by atoms with van der Waals surface area (Å²) in [4.78, 5) is 37.6. The molecule has 4 rings (SSSR count). The number of piperidine rings is 2. The van der Waals surface area contributed by atoms with Gasteiger partial charge in [0.15, 0.2) is 0 Å². The molecule has 2 fully saturated rings. The van der Waals surface area contributed by atoms with Gasteiger partial charge in [-0.2, -0.15) is 0 Å². The molecule has 0 unspecified atom stereocenters. The van der Waals surface area contributed by atoms with Crippen LogP contribution < -0.4 is 0 Å². The minimum atomic E-state index is -0.352. The number of hydrogen-bond donors (Lipinski definition) is 1. The zero-order valence-corrected chi connectivity index (χ0v) is 17.8. The number of imidazole rings is 1. The Hall–Kier alpha value is -2.37. The highest BCUT2D eigenvalue weighted by Gasteiger charge is 2.35. The third-order valence-corrected chi connectivity index (χ3v) is 6.37. The number of likely N-dealkylation sites (tertiary alicyclic amines) is 2. The lowest BCUT2D eigenvalue weighted by Gasteiger charge is -2.38. The maximum absolute atomic E-state index is 13.0. The Morgan fingerprint density at radius 2 is 1.59 bits per heavy atom. The van der Waals surface area contributed by atoms with Gasteiger partial charge >= 0.3 is 0 Å². The molecular weight excluding hydrogens is 364 g/mol. The van der Waals surface area contributed by atoms with Gasteiger partial charge in [-0.1, -0.05) is 32.9 Å². The average Bonchev–Trinajstić information content (AvgIpc) is 3.16. The van der Waals surface area contributed by atoms with Gasteiger partial charge in [0.1, 0.15) is 5.82 Å². The molecule has 2 aliphatic heterocycles. The van der Waals surface area contributed by atoms with Gasteiger partial charge in [0, 0.05) is 43.4 Å². The van der Waals surface area contributed by atoms with Crippen LogP contribution in [0.5, 0.6) is 0 Å². The smallest absolute Gasteiger partial charge is 0.227 e. The van der Waals surface area contributed by atoms with Crippen LogP contribution in [0.3, 0.4) is 0 Å². The summed E-state index contributed by atoms with van der Waals surface area (Å²) in [6, 6.07) is 8.12. The van der Waals surface area contributed by atoms with E-state index in [-0.39, 0.29) is 23.1 Å². The summed E-state index contributed by atoms with van der Waals surface area (Å²) in [5.41, 5.74) is 1.74. The second kappa shape index (κ2) is 7.81. The third-order valence-electron chi connectivity index (χ3n) is 6.37. The number of nitrogens with one attached hydrogen (secondary N) is 1. The van der Waals surface area contributed by atoms with Crippen molar-refractivity contribution in [3.05, 3.63) is 30.1 Å². The number of fused-ring (bicyclic) bond motifs is 1. The number of amides is 2. The van der Waals surface area contributed by atoms with Crippen molar-refractivity contribution in [3.8, 4) is 0 Å². The molecule has 0 spiro atoms. The van der Waals surface area contributed by atoms with Crippen LogP contribution in [-0.4, -0.2) is 57.8 Å². The Bertz CT molecular complexity index is 849. The topological polar surface area (TPSA) is 69.3 Å². The Labute approximate surface area is 172 Å². The minimum Gasteiger partial charge on any atom is -0.342 e. The number of benzene rings is 1. The molecule has 2 saturated heterocycles. The first-order valence-electron chi connectivity index (χ1n) is 10.9. The van der Waals surface area contributed by atoms with Crippen molar-refractivity contribution in [2.24, 2.45) is 11.3 Å². The molecule has 156 valence electrons. The highest BCUT2D eigenvalue weighted by atomic mass is 16.2. The lowest BCUT2D eigenvalue weighted by Crippen LogP contribution is -2.48. The predicted molar refractivity (Wildman–Crippen MR) is 113 cm³/mol. The fourth-order valence-electron chi connectivity index (χ4n) is 4.60. The standard InChI is InChI=1S/C23H32N4O2/c1-23(2,3)22(29)27-14-10-17(11-15-27)21(28)26-12-8-16(9-13-26)20-24-18-6-4-5-7-19(18)25-20/h4-7,16-17H,8-15H2,1-3H3,(H,24,25). The van der Waals surface area contributed by atoms with Gasteiger partial charge in [-0.15, -0.1) is 0 Å². The van der Waals surface area contributed by atoms with Gasteiger partial charge in [-0.05, 0) is 37.8 Å². The Morgan fingerprint density at radius 1 is 0.966 bits per heavy atom. The molecule has 2 aromatic rings. The summed E-state index contributed by atoms with van der Waals surface area (Å²) in [7, 11) is 0. The van der Waals surface area contributed by atoms with E-state index in [2.05, 4.69) is 11.1 Å². The second-order valence-electron chi connectivity index (χ2n) is 9.56. The molecule has 0 radical (unpaired) electrons. The predicted octanol–water partition coefficient (Wildman–Crippen LogP) is 3.55. The highest BCUT2D eigenvalue weighted by molar-refractivity contribution is 5.83. The van der Waals surface area contributed by atoms with Gasteiger partial charge in [-0.3, -0.25) is 9.59 Å². The lowest BCUT2D eigenvalue weighted by molar-refractivity contribution is -0.145. The van der Waals surface area contributed by atoms with Crippen molar-refractivity contribution in [1.82, 2.24) is 19.8 Å². The normalized spacial score (nSPS) is 19.7. The summed E-state index contributed by atoms with van der Waals surface area (Å²) in [6.45, 7) is 8.85. The van der Waals surface area contributed by atoms with Crippen LogP contribution >= 0.6 is 0 Å². The van der Waals surface area contributed by atoms with E-state index in [1.165, 1.54) is 0 Å². The molecule has 2 amide bonds. The Morgan fingerprint density at radius 3 is 2.21 bits per heavy atom. The number of H-pyrrole nitrogens is 1. The molecule has 0 aliphatic carbocycles. The van der Waals surface area contributed by atoms with Crippen molar-refractivity contribution >= 4 is 22.8 Å². The van der Waals surface area contributed by atoms with Gasteiger partial charge < -0.3 is 14.8 Å². The molecule has 0 atom stereocenters. The van der Waals surface area contributed by atoms with E-state index in [1.807, 2.05) is 48.8 Å². The van der Waals surface area contributed by atoms with Crippen LogP contribution in [0.15, 0.2) is 24.3 Å².